The maximum atomic E-state index is 11.6. The molecule has 2 amide bonds. The molecule has 1 aromatic rings. The summed E-state index contributed by atoms with van der Waals surface area (Å²) in [4.78, 5) is 37.9. The fourth-order valence-electron chi connectivity index (χ4n) is 1.40. The number of amides is 2. The van der Waals surface area contributed by atoms with Gasteiger partial charge in [-0.05, 0) is 12.1 Å². The average Bonchev–Trinajstić information content (AvgIpc) is 2.50. The van der Waals surface area contributed by atoms with E-state index in [-0.39, 0.29) is 11.1 Å². The topological polar surface area (TPSA) is 86.7 Å². The summed E-state index contributed by atoms with van der Waals surface area (Å²) >= 11 is 0. The van der Waals surface area contributed by atoms with E-state index in [0.717, 1.165) is 0 Å². The summed E-state index contributed by atoms with van der Waals surface area (Å²) in [5, 5.41) is 10.6. The van der Waals surface area contributed by atoms with E-state index in [4.69, 9.17) is 0 Å². The molecule has 0 aromatic heterocycles. The maximum Gasteiger partial charge on any atom is 0.285 e. The fourth-order valence-corrected chi connectivity index (χ4v) is 1.40. The lowest BCUT2D eigenvalue weighted by atomic mass is 10.1. The zero-order valence-electron chi connectivity index (χ0n) is 8.00. The van der Waals surface area contributed by atoms with Gasteiger partial charge in [0.2, 0.25) is 0 Å². The fraction of sp³-hybridized carbons (Fsp3) is 0.100. The Labute approximate surface area is 90.0 Å². The molecule has 2 rings (SSSR count). The molecule has 0 radical (unpaired) electrons. The van der Waals surface area contributed by atoms with Crippen molar-refractivity contribution in [1.82, 2.24) is 5.06 Å². The number of carboxylic acid groups (broad SMARTS) is 1. The van der Waals surface area contributed by atoms with E-state index in [1.165, 1.54) is 12.1 Å². The van der Waals surface area contributed by atoms with Gasteiger partial charge in [0.05, 0.1) is 17.1 Å². The minimum Gasteiger partial charge on any atom is -0.548 e. The van der Waals surface area contributed by atoms with Crippen molar-refractivity contribution in [1.29, 1.82) is 0 Å². The highest BCUT2D eigenvalue weighted by Gasteiger charge is 2.36. The van der Waals surface area contributed by atoms with Crippen molar-refractivity contribution < 1.29 is 24.3 Å². The van der Waals surface area contributed by atoms with Gasteiger partial charge in [0.15, 0.2) is 0 Å². The molecule has 16 heavy (non-hydrogen) atoms. The monoisotopic (exact) mass is 220 g/mol. The number of carbonyl (C=O) groups excluding carboxylic acids is 3. The van der Waals surface area contributed by atoms with Crippen molar-refractivity contribution in [2.75, 3.05) is 6.61 Å². The molecular weight excluding hydrogens is 214 g/mol. The van der Waals surface area contributed by atoms with Gasteiger partial charge in [0.25, 0.3) is 11.8 Å². The Hall–Kier alpha value is -2.21. The average molecular weight is 220 g/mol. The van der Waals surface area contributed by atoms with Crippen LogP contribution in [-0.4, -0.2) is 29.5 Å². The number of imide groups is 1. The molecule has 0 saturated carbocycles. The van der Waals surface area contributed by atoms with E-state index in [9.17, 15) is 19.5 Å². The normalized spacial score (nSPS) is 14.1. The molecule has 1 aromatic carbocycles. The van der Waals surface area contributed by atoms with Crippen molar-refractivity contribution in [2.45, 2.75) is 0 Å². The van der Waals surface area contributed by atoms with E-state index in [2.05, 4.69) is 4.84 Å². The van der Waals surface area contributed by atoms with Crippen LogP contribution in [0.15, 0.2) is 24.3 Å². The van der Waals surface area contributed by atoms with Crippen LogP contribution in [0.4, 0.5) is 0 Å². The van der Waals surface area contributed by atoms with E-state index in [1.807, 2.05) is 0 Å². The molecule has 0 fully saturated rings. The number of fused-ring (bicyclic) bond motifs is 1. The lowest BCUT2D eigenvalue weighted by molar-refractivity contribution is -0.313. The first kappa shape index (κ1) is 10.3. The highest BCUT2D eigenvalue weighted by Crippen LogP contribution is 2.22. The molecule has 0 unspecified atom stereocenters. The lowest BCUT2D eigenvalue weighted by Gasteiger charge is -2.13. The van der Waals surface area contributed by atoms with Gasteiger partial charge >= 0.3 is 0 Å². The van der Waals surface area contributed by atoms with Crippen molar-refractivity contribution in [3.63, 3.8) is 0 Å². The molecule has 0 saturated heterocycles. The zero-order chi connectivity index (χ0) is 11.7. The first-order valence-corrected chi connectivity index (χ1v) is 4.42. The highest BCUT2D eigenvalue weighted by atomic mass is 16.7. The SMILES string of the molecule is O=C([O-])CON1C(=O)c2ccccc2C1=O. The van der Waals surface area contributed by atoms with E-state index in [0.29, 0.717) is 5.06 Å². The van der Waals surface area contributed by atoms with Crippen molar-refractivity contribution >= 4 is 17.8 Å². The van der Waals surface area contributed by atoms with Crippen LogP contribution in [-0.2, 0) is 9.63 Å². The summed E-state index contributed by atoms with van der Waals surface area (Å²) in [5.74, 6) is -2.83. The Morgan fingerprint density at radius 3 is 2.12 bits per heavy atom. The van der Waals surface area contributed by atoms with E-state index >= 15 is 0 Å². The van der Waals surface area contributed by atoms with Crippen LogP contribution in [0, 0.1) is 0 Å². The number of carbonyl (C=O) groups is 3. The number of carboxylic acids is 1. The van der Waals surface area contributed by atoms with Gasteiger partial charge in [0, 0.05) is 0 Å². The summed E-state index contributed by atoms with van der Waals surface area (Å²) in [7, 11) is 0. The van der Waals surface area contributed by atoms with Crippen molar-refractivity contribution in [3.05, 3.63) is 35.4 Å². The lowest BCUT2D eigenvalue weighted by Crippen LogP contribution is -2.36. The first-order valence-electron chi connectivity index (χ1n) is 4.42. The third-order valence-electron chi connectivity index (χ3n) is 2.07. The molecule has 82 valence electrons. The molecular formula is C10H6NO5-. The summed E-state index contributed by atoms with van der Waals surface area (Å²) in [5.41, 5.74) is 0.400. The number of hydrogen-bond donors (Lipinski definition) is 0. The molecule has 0 aliphatic carbocycles. The quantitative estimate of drug-likeness (QED) is 0.607. The minimum atomic E-state index is -1.50. The Kier molecular flexibility index (Phi) is 2.41. The van der Waals surface area contributed by atoms with E-state index < -0.39 is 24.4 Å². The summed E-state index contributed by atoms with van der Waals surface area (Å²) in [6, 6.07) is 6.15. The Bertz CT molecular complexity index is 447. The largest absolute Gasteiger partial charge is 0.548 e. The third-order valence-corrected chi connectivity index (χ3v) is 2.07. The predicted octanol–water partition coefficient (Wildman–Crippen LogP) is -1.04. The van der Waals surface area contributed by atoms with Gasteiger partial charge < -0.3 is 9.90 Å². The number of aliphatic carboxylic acids is 1. The van der Waals surface area contributed by atoms with Gasteiger partial charge in [0.1, 0.15) is 6.61 Å². The Morgan fingerprint density at radius 1 is 1.19 bits per heavy atom. The van der Waals surface area contributed by atoms with Crippen LogP contribution >= 0.6 is 0 Å². The number of benzene rings is 1. The molecule has 1 heterocycles. The van der Waals surface area contributed by atoms with Crippen LogP contribution in [0.2, 0.25) is 0 Å². The number of rotatable bonds is 3. The van der Waals surface area contributed by atoms with Crippen molar-refractivity contribution in [3.8, 4) is 0 Å². The smallest absolute Gasteiger partial charge is 0.285 e. The Balaban J connectivity index is 2.25. The number of nitrogens with zero attached hydrogens (tertiary/aromatic N) is 1. The van der Waals surface area contributed by atoms with Crippen LogP contribution in [0.3, 0.4) is 0 Å². The maximum absolute atomic E-state index is 11.6. The van der Waals surface area contributed by atoms with Crippen LogP contribution < -0.4 is 5.11 Å². The van der Waals surface area contributed by atoms with Crippen LogP contribution in [0.5, 0.6) is 0 Å². The predicted molar refractivity (Wildman–Crippen MR) is 47.9 cm³/mol. The molecule has 1 aliphatic rings. The second kappa shape index (κ2) is 3.74. The minimum absolute atomic E-state index is 0.200. The number of hydroxylamine groups is 2. The molecule has 1 aliphatic heterocycles. The van der Waals surface area contributed by atoms with Gasteiger partial charge in [-0.25, -0.2) is 0 Å². The summed E-state index contributed by atoms with van der Waals surface area (Å²) < 4.78 is 0. The molecule has 0 spiro atoms. The summed E-state index contributed by atoms with van der Waals surface area (Å²) in [6.07, 6.45) is 0. The molecule has 0 N–H and O–H groups in total. The van der Waals surface area contributed by atoms with Crippen molar-refractivity contribution in [2.24, 2.45) is 0 Å². The van der Waals surface area contributed by atoms with E-state index in [1.54, 1.807) is 12.1 Å². The second-order valence-corrected chi connectivity index (χ2v) is 3.10. The molecule has 0 atom stereocenters. The van der Waals surface area contributed by atoms with Gasteiger partial charge in [-0.15, -0.1) is 5.06 Å². The van der Waals surface area contributed by atoms with Crippen LogP contribution in [0.1, 0.15) is 20.7 Å². The number of hydrogen-bond acceptors (Lipinski definition) is 5. The van der Waals surface area contributed by atoms with Gasteiger partial charge in [-0.1, -0.05) is 12.1 Å². The molecule has 6 nitrogen and oxygen atoms in total. The Morgan fingerprint density at radius 2 is 1.69 bits per heavy atom. The van der Waals surface area contributed by atoms with Crippen LogP contribution in [0.25, 0.3) is 0 Å². The molecule has 0 bridgehead atoms. The second-order valence-electron chi connectivity index (χ2n) is 3.10. The standard InChI is InChI=1S/C10H7NO5/c12-8(13)5-16-11-9(14)6-3-1-2-4-7(6)10(11)15/h1-4H,5H2,(H,12,13)/p-1. The third kappa shape index (κ3) is 1.55. The van der Waals surface area contributed by atoms with Gasteiger partial charge in [-0.3, -0.25) is 14.4 Å². The highest BCUT2D eigenvalue weighted by molar-refractivity contribution is 6.20. The van der Waals surface area contributed by atoms with Gasteiger partial charge in [-0.2, -0.15) is 0 Å². The first-order chi connectivity index (χ1) is 7.61. The molecule has 6 heteroatoms. The summed E-state index contributed by atoms with van der Waals surface area (Å²) in [6.45, 7) is -0.842. The zero-order valence-corrected chi connectivity index (χ0v) is 8.00.